The summed E-state index contributed by atoms with van der Waals surface area (Å²) in [4.78, 5) is 8.20. The average Bonchev–Trinajstić information content (AvgIpc) is 3.15. The highest BCUT2D eigenvalue weighted by Crippen LogP contribution is 2.27. The fourth-order valence-corrected chi connectivity index (χ4v) is 1.59. The van der Waals surface area contributed by atoms with Gasteiger partial charge in [-0.2, -0.15) is 0 Å². The van der Waals surface area contributed by atoms with Gasteiger partial charge in [-0.1, -0.05) is 17.7 Å². The largest absolute Gasteiger partial charge is 0.356 e. The molecule has 0 aliphatic heterocycles. The van der Waals surface area contributed by atoms with E-state index < -0.39 is 0 Å². The zero-order valence-electron chi connectivity index (χ0n) is 9.91. The van der Waals surface area contributed by atoms with Crippen molar-refractivity contribution >= 4 is 17.6 Å². The Labute approximate surface area is 106 Å². The number of halogens is 1. The molecule has 1 aliphatic rings. The Hall–Kier alpha value is -1.29. The molecule has 0 amide bonds. The van der Waals surface area contributed by atoms with Crippen molar-refractivity contribution in [3.05, 3.63) is 29.0 Å². The lowest BCUT2D eigenvalue weighted by atomic mass is 10.3. The van der Waals surface area contributed by atoms with E-state index in [2.05, 4.69) is 20.6 Å². The molecule has 4 nitrogen and oxygen atoms in total. The summed E-state index contributed by atoms with van der Waals surface area (Å²) in [6.07, 6.45) is 4.44. The van der Waals surface area contributed by atoms with Gasteiger partial charge >= 0.3 is 0 Å². The van der Waals surface area contributed by atoms with E-state index in [0.717, 1.165) is 24.0 Å². The summed E-state index contributed by atoms with van der Waals surface area (Å²) in [5.41, 5.74) is 1.09. The van der Waals surface area contributed by atoms with Crippen LogP contribution in [-0.4, -0.2) is 24.5 Å². The Balaban J connectivity index is 1.76. The van der Waals surface area contributed by atoms with Gasteiger partial charge in [-0.05, 0) is 30.4 Å². The van der Waals surface area contributed by atoms with E-state index in [1.165, 1.54) is 12.8 Å². The summed E-state index contributed by atoms with van der Waals surface area (Å²) in [5, 5.41) is 7.07. The Morgan fingerprint density at radius 1 is 1.47 bits per heavy atom. The molecule has 2 rings (SSSR count). The summed E-state index contributed by atoms with van der Waals surface area (Å²) in [6.45, 7) is 1.72. The highest BCUT2D eigenvalue weighted by Gasteiger charge is 2.20. The van der Waals surface area contributed by atoms with Crippen molar-refractivity contribution in [1.82, 2.24) is 15.6 Å². The number of aromatic nitrogens is 1. The number of guanidine groups is 1. The van der Waals surface area contributed by atoms with Gasteiger partial charge in [0.25, 0.3) is 0 Å². The molecule has 5 heteroatoms. The van der Waals surface area contributed by atoms with Crippen molar-refractivity contribution in [3.63, 3.8) is 0 Å². The topological polar surface area (TPSA) is 49.3 Å². The second kappa shape index (κ2) is 5.87. The molecule has 1 aromatic rings. The van der Waals surface area contributed by atoms with Gasteiger partial charge < -0.3 is 10.6 Å². The smallest absolute Gasteiger partial charge is 0.191 e. The van der Waals surface area contributed by atoms with Crippen LogP contribution in [0.5, 0.6) is 0 Å². The zero-order valence-corrected chi connectivity index (χ0v) is 10.7. The van der Waals surface area contributed by atoms with Crippen LogP contribution in [0.25, 0.3) is 0 Å². The van der Waals surface area contributed by atoms with Crippen LogP contribution >= 0.6 is 11.6 Å². The van der Waals surface area contributed by atoms with Gasteiger partial charge in [0, 0.05) is 26.3 Å². The summed E-state index contributed by atoms with van der Waals surface area (Å²) in [6, 6.07) is 3.75. The monoisotopic (exact) mass is 252 g/mol. The normalized spacial score (nSPS) is 15.8. The van der Waals surface area contributed by atoms with E-state index >= 15 is 0 Å². The zero-order chi connectivity index (χ0) is 12.1. The minimum atomic E-state index is 0.519. The predicted molar refractivity (Wildman–Crippen MR) is 70.2 cm³/mol. The first-order chi connectivity index (χ1) is 8.28. The number of hydrogen-bond donors (Lipinski definition) is 2. The first-order valence-electron chi connectivity index (χ1n) is 5.83. The average molecular weight is 253 g/mol. The highest BCUT2D eigenvalue weighted by atomic mass is 35.5. The molecule has 0 unspecified atom stereocenters. The first kappa shape index (κ1) is 12.2. The third kappa shape index (κ3) is 4.23. The molecule has 1 saturated carbocycles. The van der Waals surface area contributed by atoms with E-state index in [-0.39, 0.29) is 0 Å². The maximum atomic E-state index is 5.73. The minimum Gasteiger partial charge on any atom is -0.356 e. The summed E-state index contributed by atoms with van der Waals surface area (Å²) in [7, 11) is 1.78. The quantitative estimate of drug-likeness (QED) is 0.488. The second-order valence-corrected chi connectivity index (χ2v) is 4.63. The Morgan fingerprint density at radius 3 is 2.88 bits per heavy atom. The highest BCUT2D eigenvalue weighted by molar-refractivity contribution is 6.29. The van der Waals surface area contributed by atoms with E-state index in [9.17, 15) is 0 Å². The standard InChI is InChI=1S/C12H17ClN4/c1-14-12(16-6-9-2-3-9)17-8-10-4-5-11(13)15-7-10/h4-5,7,9H,2-3,6,8H2,1H3,(H2,14,16,17). The lowest BCUT2D eigenvalue weighted by molar-refractivity contribution is 0.737. The second-order valence-electron chi connectivity index (χ2n) is 4.24. The molecule has 0 atom stereocenters. The van der Waals surface area contributed by atoms with Crippen LogP contribution in [0, 0.1) is 5.92 Å². The van der Waals surface area contributed by atoms with Crippen LogP contribution in [0.3, 0.4) is 0 Å². The first-order valence-corrected chi connectivity index (χ1v) is 6.20. The summed E-state index contributed by atoms with van der Waals surface area (Å²) >= 11 is 5.73. The Morgan fingerprint density at radius 2 is 2.29 bits per heavy atom. The van der Waals surface area contributed by atoms with Gasteiger partial charge in [-0.15, -0.1) is 0 Å². The van der Waals surface area contributed by atoms with Crippen molar-refractivity contribution in [2.75, 3.05) is 13.6 Å². The number of rotatable bonds is 4. The van der Waals surface area contributed by atoms with E-state index in [4.69, 9.17) is 11.6 Å². The van der Waals surface area contributed by atoms with Crippen molar-refractivity contribution < 1.29 is 0 Å². The molecule has 1 aliphatic carbocycles. The lowest BCUT2D eigenvalue weighted by Gasteiger charge is -2.11. The molecule has 0 spiro atoms. The Kier molecular flexibility index (Phi) is 4.20. The molecule has 1 heterocycles. The van der Waals surface area contributed by atoms with Crippen LogP contribution in [0.15, 0.2) is 23.3 Å². The van der Waals surface area contributed by atoms with Gasteiger partial charge in [-0.25, -0.2) is 4.98 Å². The molecule has 1 fully saturated rings. The molecule has 0 bridgehead atoms. The van der Waals surface area contributed by atoms with Gasteiger partial charge in [0.15, 0.2) is 5.96 Å². The number of aliphatic imine (C=N–C) groups is 1. The van der Waals surface area contributed by atoms with Crippen LogP contribution in [-0.2, 0) is 6.54 Å². The van der Waals surface area contributed by atoms with Crippen molar-refractivity contribution in [1.29, 1.82) is 0 Å². The van der Waals surface area contributed by atoms with Crippen molar-refractivity contribution in [2.45, 2.75) is 19.4 Å². The van der Waals surface area contributed by atoms with Crippen molar-refractivity contribution in [2.24, 2.45) is 10.9 Å². The Bertz CT molecular complexity index is 384. The van der Waals surface area contributed by atoms with Crippen LogP contribution < -0.4 is 10.6 Å². The van der Waals surface area contributed by atoms with Gasteiger partial charge in [-0.3, -0.25) is 4.99 Å². The molecule has 0 aromatic carbocycles. The SMILES string of the molecule is CN=C(NCc1ccc(Cl)nc1)NCC1CC1. The number of pyridine rings is 1. The van der Waals surface area contributed by atoms with Gasteiger partial charge in [0.1, 0.15) is 5.15 Å². The molecule has 0 saturated heterocycles. The van der Waals surface area contributed by atoms with Crippen molar-refractivity contribution in [3.8, 4) is 0 Å². The third-order valence-corrected chi connectivity index (χ3v) is 2.95. The van der Waals surface area contributed by atoms with E-state index in [1.807, 2.05) is 6.07 Å². The lowest BCUT2D eigenvalue weighted by Crippen LogP contribution is -2.37. The molecular weight excluding hydrogens is 236 g/mol. The van der Waals surface area contributed by atoms with Gasteiger partial charge in [0.2, 0.25) is 0 Å². The van der Waals surface area contributed by atoms with Crippen LogP contribution in [0.4, 0.5) is 0 Å². The number of nitrogens with one attached hydrogen (secondary N) is 2. The van der Waals surface area contributed by atoms with Crippen LogP contribution in [0.1, 0.15) is 18.4 Å². The molecule has 2 N–H and O–H groups in total. The minimum absolute atomic E-state index is 0.519. The molecular formula is C12H17ClN4. The molecule has 0 radical (unpaired) electrons. The van der Waals surface area contributed by atoms with E-state index in [1.54, 1.807) is 19.3 Å². The predicted octanol–water partition coefficient (Wildman–Crippen LogP) is 1.81. The summed E-state index contributed by atoms with van der Waals surface area (Å²) in [5.74, 6) is 1.68. The third-order valence-electron chi connectivity index (χ3n) is 2.73. The fourth-order valence-electron chi connectivity index (χ4n) is 1.48. The maximum absolute atomic E-state index is 5.73. The number of nitrogens with zero attached hydrogens (tertiary/aromatic N) is 2. The molecule has 92 valence electrons. The maximum Gasteiger partial charge on any atom is 0.191 e. The number of hydrogen-bond acceptors (Lipinski definition) is 2. The van der Waals surface area contributed by atoms with E-state index in [0.29, 0.717) is 11.7 Å². The summed E-state index contributed by atoms with van der Waals surface area (Å²) < 4.78 is 0. The van der Waals surface area contributed by atoms with Crippen LogP contribution in [0.2, 0.25) is 5.15 Å². The molecule has 1 aromatic heterocycles. The molecule has 17 heavy (non-hydrogen) atoms. The fraction of sp³-hybridized carbons (Fsp3) is 0.500. The van der Waals surface area contributed by atoms with Gasteiger partial charge in [0.05, 0.1) is 0 Å².